The van der Waals surface area contributed by atoms with E-state index in [0.29, 0.717) is 0 Å². The highest BCUT2D eigenvalue weighted by Gasteiger charge is 1.97. The average molecular weight is 255 g/mol. The second-order valence-electron chi connectivity index (χ2n) is 4.35. The Morgan fingerprint density at radius 2 is 1.58 bits per heavy atom. The molecule has 1 amide bonds. The zero-order valence-electron chi connectivity index (χ0n) is 10.8. The number of nitrogen functional groups attached to an aromatic ring is 1. The second-order valence-corrected chi connectivity index (χ2v) is 4.35. The summed E-state index contributed by atoms with van der Waals surface area (Å²) in [6, 6.07) is 15.4. The molecule has 0 aliphatic rings. The first kappa shape index (κ1) is 13.0. The lowest BCUT2D eigenvalue weighted by molar-refractivity contribution is -0.114. The van der Waals surface area contributed by atoms with Crippen molar-refractivity contribution in [2.45, 2.75) is 13.5 Å². The molecule has 0 saturated carbocycles. The molecule has 19 heavy (non-hydrogen) atoms. The molecule has 0 heterocycles. The minimum atomic E-state index is -0.0623. The summed E-state index contributed by atoms with van der Waals surface area (Å²) in [5, 5.41) is 6.04. The van der Waals surface area contributed by atoms with E-state index < -0.39 is 0 Å². The molecule has 2 aromatic rings. The van der Waals surface area contributed by atoms with Gasteiger partial charge in [-0.2, -0.15) is 0 Å². The molecule has 0 bridgehead atoms. The molecule has 4 N–H and O–H groups in total. The van der Waals surface area contributed by atoms with Gasteiger partial charge in [0.2, 0.25) is 5.91 Å². The molecule has 0 saturated heterocycles. The number of nitrogens with one attached hydrogen (secondary N) is 2. The van der Waals surface area contributed by atoms with E-state index in [1.54, 1.807) is 0 Å². The first-order chi connectivity index (χ1) is 9.13. The second kappa shape index (κ2) is 5.91. The Hall–Kier alpha value is -2.49. The number of hydrogen-bond donors (Lipinski definition) is 3. The summed E-state index contributed by atoms with van der Waals surface area (Å²) in [5.74, 6) is -0.0623. The molecule has 98 valence electrons. The Bertz CT molecular complexity index is 547. The number of carbonyl (C=O) groups is 1. The van der Waals surface area contributed by atoms with E-state index in [4.69, 9.17) is 5.73 Å². The van der Waals surface area contributed by atoms with Crippen LogP contribution in [0.2, 0.25) is 0 Å². The lowest BCUT2D eigenvalue weighted by atomic mass is 10.2. The Morgan fingerprint density at radius 3 is 2.16 bits per heavy atom. The van der Waals surface area contributed by atoms with Crippen LogP contribution in [0.3, 0.4) is 0 Å². The van der Waals surface area contributed by atoms with E-state index in [9.17, 15) is 4.79 Å². The topological polar surface area (TPSA) is 67.2 Å². The molecular formula is C15H17N3O. The van der Waals surface area contributed by atoms with Crippen molar-refractivity contribution in [3.63, 3.8) is 0 Å². The lowest BCUT2D eigenvalue weighted by Crippen LogP contribution is -2.06. The average Bonchev–Trinajstić information content (AvgIpc) is 2.39. The minimum absolute atomic E-state index is 0.0623. The summed E-state index contributed by atoms with van der Waals surface area (Å²) in [5.41, 5.74) is 9.36. The van der Waals surface area contributed by atoms with Crippen molar-refractivity contribution in [2.24, 2.45) is 0 Å². The lowest BCUT2D eigenvalue weighted by Gasteiger charge is -2.08. The number of hydrogen-bond acceptors (Lipinski definition) is 3. The maximum Gasteiger partial charge on any atom is 0.221 e. The molecular weight excluding hydrogens is 238 g/mol. The summed E-state index contributed by atoms with van der Waals surface area (Å²) >= 11 is 0. The van der Waals surface area contributed by atoms with Crippen molar-refractivity contribution in [1.29, 1.82) is 0 Å². The van der Waals surface area contributed by atoms with Crippen LogP contribution in [-0.2, 0) is 11.3 Å². The number of amides is 1. The van der Waals surface area contributed by atoms with Crippen LogP contribution in [0.25, 0.3) is 0 Å². The van der Waals surface area contributed by atoms with Crippen LogP contribution in [-0.4, -0.2) is 5.91 Å². The molecule has 0 aromatic heterocycles. The van der Waals surface area contributed by atoms with Gasteiger partial charge in [-0.3, -0.25) is 4.79 Å². The van der Waals surface area contributed by atoms with Gasteiger partial charge in [-0.25, -0.2) is 0 Å². The third-order valence-electron chi connectivity index (χ3n) is 2.68. The summed E-state index contributed by atoms with van der Waals surface area (Å²) in [4.78, 5) is 10.9. The van der Waals surface area contributed by atoms with Crippen LogP contribution in [0.15, 0.2) is 48.5 Å². The molecule has 0 atom stereocenters. The largest absolute Gasteiger partial charge is 0.399 e. The van der Waals surface area contributed by atoms with Gasteiger partial charge < -0.3 is 16.4 Å². The molecule has 0 spiro atoms. The molecule has 0 aliphatic heterocycles. The van der Waals surface area contributed by atoms with Crippen molar-refractivity contribution < 1.29 is 4.79 Å². The molecule has 0 radical (unpaired) electrons. The van der Waals surface area contributed by atoms with Crippen molar-refractivity contribution in [3.8, 4) is 0 Å². The number of carbonyl (C=O) groups excluding carboxylic acids is 1. The number of rotatable bonds is 4. The molecule has 2 aromatic carbocycles. The highest BCUT2D eigenvalue weighted by molar-refractivity contribution is 5.88. The van der Waals surface area contributed by atoms with E-state index in [2.05, 4.69) is 10.6 Å². The standard InChI is InChI=1S/C15H17N3O/c1-11(19)18-15-6-2-12(3-7-15)10-17-14-8-4-13(16)5-9-14/h2-9,17H,10,16H2,1H3,(H,18,19). The Labute approximate surface area is 112 Å². The van der Waals surface area contributed by atoms with Crippen molar-refractivity contribution >= 4 is 23.0 Å². The smallest absolute Gasteiger partial charge is 0.221 e. The molecule has 2 rings (SSSR count). The van der Waals surface area contributed by atoms with E-state index in [1.807, 2.05) is 48.5 Å². The van der Waals surface area contributed by atoms with Crippen LogP contribution < -0.4 is 16.4 Å². The predicted octanol–water partition coefficient (Wildman–Crippen LogP) is 2.84. The fourth-order valence-electron chi connectivity index (χ4n) is 1.71. The van der Waals surface area contributed by atoms with Crippen LogP contribution in [0.1, 0.15) is 12.5 Å². The molecule has 4 nitrogen and oxygen atoms in total. The third-order valence-corrected chi connectivity index (χ3v) is 2.68. The van der Waals surface area contributed by atoms with Crippen molar-refractivity contribution in [1.82, 2.24) is 0 Å². The maximum absolute atomic E-state index is 10.9. The number of anilines is 3. The zero-order chi connectivity index (χ0) is 13.7. The van der Waals surface area contributed by atoms with Crippen molar-refractivity contribution in [2.75, 3.05) is 16.4 Å². The van der Waals surface area contributed by atoms with Crippen LogP contribution in [0, 0.1) is 0 Å². The molecule has 4 heteroatoms. The predicted molar refractivity (Wildman–Crippen MR) is 78.9 cm³/mol. The summed E-state index contributed by atoms with van der Waals surface area (Å²) in [7, 11) is 0. The van der Waals surface area contributed by atoms with Gasteiger partial charge in [0.1, 0.15) is 0 Å². The first-order valence-electron chi connectivity index (χ1n) is 6.09. The van der Waals surface area contributed by atoms with E-state index in [-0.39, 0.29) is 5.91 Å². The van der Waals surface area contributed by atoms with Gasteiger partial charge >= 0.3 is 0 Å². The maximum atomic E-state index is 10.9. The quantitative estimate of drug-likeness (QED) is 0.736. The van der Waals surface area contributed by atoms with Crippen LogP contribution in [0.5, 0.6) is 0 Å². The fraction of sp³-hybridized carbons (Fsp3) is 0.133. The van der Waals surface area contributed by atoms with Gasteiger partial charge in [-0.15, -0.1) is 0 Å². The van der Waals surface area contributed by atoms with Gasteiger partial charge in [-0.05, 0) is 42.0 Å². The van der Waals surface area contributed by atoms with Gasteiger partial charge in [0, 0.05) is 30.5 Å². The van der Waals surface area contributed by atoms with E-state index in [1.165, 1.54) is 6.92 Å². The Balaban J connectivity index is 1.92. The normalized spacial score (nSPS) is 9.95. The highest BCUT2D eigenvalue weighted by Crippen LogP contribution is 2.14. The number of benzene rings is 2. The molecule has 0 unspecified atom stereocenters. The van der Waals surface area contributed by atoms with Gasteiger partial charge in [0.15, 0.2) is 0 Å². The van der Waals surface area contributed by atoms with E-state index in [0.717, 1.165) is 29.2 Å². The SMILES string of the molecule is CC(=O)Nc1ccc(CNc2ccc(N)cc2)cc1. The van der Waals surface area contributed by atoms with Gasteiger partial charge in [0.25, 0.3) is 0 Å². The van der Waals surface area contributed by atoms with Crippen molar-refractivity contribution in [3.05, 3.63) is 54.1 Å². The Kier molecular flexibility index (Phi) is 4.03. The summed E-state index contributed by atoms with van der Waals surface area (Å²) in [6.07, 6.45) is 0. The first-order valence-corrected chi connectivity index (χ1v) is 6.09. The fourth-order valence-corrected chi connectivity index (χ4v) is 1.71. The van der Waals surface area contributed by atoms with E-state index >= 15 is 0 Å². The number of nitrogens with two attached hydrogens (primary N) is 1. The third kappa shape index (κ3) is 4.03. The summed E-state index contributed by atoms with van der Waals surface area (Å²) in [6.45, 7) is 2.22. The zero-order valence-corrected chi connectivity index (χ0v) is 10.8. The molecule has 0 aliphatic carbocycles. The summed E-state index contributed by atoms with van der Waals surface area (Å²) < 4.78 is 0. The van der Waals surface area contributed by atoms with Crippen LogP contribution >= 0.6 is 0 Å². The van der Waals surface area contributed by atoms with Gasteiger partial charge in [0.05, 0.1) is 0 Å². The Morgan fingerprint density at radius 1 is 1.00 bits per heavy atom. The van der Waals surface area contributed by atoms with Crippen LogP contribution in [0.4, 0.5) is 17.1 Å². The highest BCUT2D eigenvalue weighted by atomic mass is 16.1. The monoisotopic (exact) mass is 255 g/mol. The van der Waals surface area contributed by atoms with Gasteiger partial charge in [-0.1, -0.05) is 12.1 Å². The molecule has 0 fully saturated rings. The minimum Gasteiger partial charge on any atom is -0.399 e.